The van der Waals surface area contributed by atoms with Gasteiger partial charge in [-0.1, -0.05) is 6.92 Å². The lowest BCUT2D eigenvalue weighted by atomic mass is 10.2. The molecule has 1 aliphatic carbocycles. The van der Waals surface area contributed by atoms with Crippen LogP contribution in [0.1, 0.15) is 43.7 Å². The molecular formula is C17H28N4O. The van der Waals surface area contributed by atoms with E-state index in [9.17, 15) is 0 Å². The molecule has 2 N–H and O–H groups in total. The Morgan fingerprint density at radius 1 is 1.41 bits per heavy atom. The fourth-order valence-electron chi connectivity index (χ4n) is 3.18. The third-order valence-corrected chi connectivity index (χ3v) is 4.79. The number of nitrogens with one attached hydrogen (secondary N) is 2. The zero-order chi connectivity index (χ0) is 15.5. The summed E-state index contributed by atoms with van der Waals surface area (Å²) in [5, 5.41) is 6.97. The highest BCUT2D eigenvalue weighted by Gasteiger charge is 2.33. The highest BCUT2D eigenvalue weighted by atomic mass is 16.3. The van der Waals surface area contributed by atoms with Crippen LogP contribution in [0, 0.1) is 12.8 Å². The first-order valence-corrected chi connectivity index (χ1v) is 8.45. The number of nitrogens with zero attached hydrogens (tertiary/aromatic N) is 2. The monoisotopic (exact) mass is 304 g/mol. The van der Waals surface area contributed by atoms with E-state index in [2.05, 4.69) is 39.6 Å². The van der Waals surface area contributed by atoms with E-state index in [0.29, 0.717) is 6.04 Å². The van der Waals surface area contributed by atoms with Crippen molar-refractivity contribution in [1.29, 1.82) is 0 Å². The van der Waals surface area contributed by atoms with E-state index in [0.717, 1.165) is 43.0 Å². The topological polar surface area (TPSA) is 52.8 Å². The highest BCUT2D eigenvalue weighted by Crippen LogP contribution is 2.29. The van der Waals surface area contributed by atoms with Gasteiger partial charge in [0.05, 0.1) is 6.04 Å². The first-order chi connectivity index (χ1) is 10.7. The molecule has 0 aromatic carbocycles. The van der Waals surface area contributed by atoms with Crippen molar-refractivity contribution in [3.05, 3.63) is 23.7 Å². The van der Waals surface area contributed by atoms with Gasteiger partial charge >= 0.3 is 0 Å². The number of aliphatic imine (C=N–C) groups is 1. The number of guanidine groups is 1. The van der Waals surface area contributed by atoms with E-state index < -0.39 is 0 Å². The molecule has 1 aromatic rings. The molecule has 22 heavy (non-hydrogen) atoms. The molecule has 3 unspecified atom stereocenters. The van der Waals surface area contributed by atoms with Crippen LogP contribution in [0.5, 0.6) is 0 Å². The summed E-state index contributed by atoms with van der Waals surface area (Å²) >= 11 is 0. The van der Waals surface area contributed by atoms with Crippen LogP contribution in [0.4, 0.5) is 0 Å². The second-order valence-corrected chi connectivity index (χ2v) is 6.62. The minimum absolute atomic E-state index is 0.284. The summed E-state index contributed by atoms with van der Waals surface area (Å²) in [7, 11) is 1.84. The Labute approximate surface area is 133 Å². The van der Waals surface area contributed by atoms with Crippen LogP contribution in [0.15, 0.2) is 21.5 Å². The molecule has 3 atom stereocenters. The molecule has 0 radical (unpaired) electrons. The lowest BCUT2D eigenvalue weighted by Crippen LogP contribution is -2.43. The van der Waals surface area contributed by atoms with Crippen LogP contribution in [0.2, 0.25) is 0 Å². The molecule has 0 spiro atoms. The van der Waals surface area contributed by atoms with Crippen molar-refractivity contribution in [2.75, 3.05) is 26.7 Å². The molecule has 2 heterocycles. The van der Waals surface area contributed by atoms with Gasteiger partial charge < -0.3 is 15.1 Å². The Morgan fingerprint density at radius 2 is 2.14 bits per heavy atom. The smallest absolute Gasteiger partial charge is 0.191 e. The fraction of sp³-hybridized carbons (Fsp3) is 0.706. The Bertz CT molecular complexity index is 518. The Kier molecular flexibility index (Phi) is 4.71. The molecule has 2 fully saturated rings. The van der Waals surface area contributed by atoms with Crippen LogP contribution in [-0.4, -0.2) is 43.6 Å². The van der Waals surface area contributed by atoms with Gasteiger partial charge in [0.15, 0.2) is 5.96 Å². The van der Waals surface area contributed by atoms with Gasteiger partial charge in [-0.3, -0.25) is 9.89 Å². The van der Waals surface area contributed by atoms with Crippen LogP contribution in [0.3, 0.4) is 0 Å². The first kappa shape index (κ1) is 15.4. The van der Waals surface area contributed by atoms with Crippen molar-refractivity contribution in [3.8, 4) is 0 Å². The molecular weight excluding hydrogens is 276 g/mol. The van der Waals surface area contributed by atoms with Gasteiger partial charge in [0.25, 0.3) is 0 Å². The SMILES string of the molecule is CN=C(NCC(c1ccc(C)o1)N1CCCC1)NC1CC1C. The van der Waals surface area contributed by atoms with E-state index in [1.807, 2.05) is 14.0 Å². The standard InChI is InChI=1S/C17H28N4O/c1-12-10-14(12)20-17(18-3)19-11-15(21-8-4-5-9-21)16-7-6-13(2)22-16/h6-7,12,14-15H,4-5,8-11H2,1-3H3,(H2,18,19,20). The van der Waals surface area contributed by atoms with Crippen molar-refractivity contribution in [1.82, 2.24) is 15.5 Å². The van der Waals surface area contributed by atoms with E-state index in [-0.39, 0.29) is 6.04 Å². The van der Waals surface area contributed by atoms with E-state index in [1.165, 1.54) is 19.3 Å². The number of hydrogen-bond acceptors (Lipinski definition) is 3. The molecule has 5 heteroatoms. The summed E-state index contributed by atoms with van der Waals surface area (Å²) in [6, 6.07) is 5.03. The van der Waals surface area contributed by atoms with E-state index >= 15 is 0 Å². The number of furan rings is 1. The average Bonchev–Trinajstić information content (AvgIpc) is 2.93. The van der Waals surface area contributed by atoms with E-state index in [1.54, 1.807) is 0 Å². The molecule has 3 rings (SSSR count). The Balaban J connectivity index is 1.62. The molecule has 2 aliphatic rings. The number of likely N-dealkylation sites (tertiary alicyclic amines) is 1. The lowest BCUT2D eigenvalue weighted by Gasteiger charge is -2.26. The van der Waals surface area contributed by atoms with Gasteiger partial charge in [-0.05, 0) is 57.3 Å². The van der Waals surface area contributed by atoms with Gasteiger partial charge in [-0.25, -0.2) is 0 Å². The molecule has 1 aromatic heterocycles. The van der Waals surface area contributed by atoms with Crippen LogP contribution < -0.4 is 10.6 Å². The molecule has 1 saturated carbocycles. The quantitative estimate of drug-likeness (QED) is 0.647. The second-order valence-electron chi connectivity index (χ2n) is 6.62. The Hall–Kier alpha value is -1.49. The van der Waals surface area contributed by atoms with E-state index in [4.69, 9.17) is 4.42 Å². The zero-order valence-corrected chi connectivity index (χ0v) is 13.9. The largest absolute Gasteiger partial charge is 0.465 e. The Morgan fingerprint density at radius 3 is 2.68 bits per heavy atom. The van der Waals surface area contributed by atoms with Gasteiger partial charge in [-0.2, -0.15) is 0 Å². The third kappa shape index (κ3) is 3.64. The van der Waals surface area contributed by atoms with Crippen LogP contribution >= 0.6 is 0 Å². The first-order valence-electron chi connectivity index (χ1n) is 8.45. The predicted molar refractivity (Wildman–Crippen MR) is 89.1 cm³/mol. The molecule has 0 amide bonds. The highest BCUT2D eigenvalue weighted by molar-refractivity contribution is 5.80. The van der Waals surface area contributed by atoms with Crippen LogP contribution in [-0.2, 0) is 0 Å². The van der Waals surface area contributed by atoms with Gasteiger partial charge in [-0.15, -0.1) is 0 Å². The zero-order valence-electron chi connectivity index (χ0n) is 13.9. The molecule has 5 nitrogen and oxygen atoms in total. The van der Waals surface area contributed by atoms with Gasteiger partial charge in [0, 0.05) is 19.6 Å². The normalized spacial score (nSPS) is 27.0. The summed E-state index contributed by atoms with van der Waals surface area (Å²) in [5.41, 5.74) is 0. The maximum atomic E-state index is 5.89. The van der Waals surface area contributed by atoms with Crippen molar-refractivity contribution >= 4 is 5.96 Å². The molecule has 122 valence electrons. The minimum atomic E-state index is 0.284. The second kappa shape index (κ2) is 6.73. The van der Waals surface area contributed by atoms with Gasteiger partial charge in [0.2, 0.25) is 0 Å². The van der Waals surface area contributed by atoms with Crippen LogP contribution in [0.25, 0.3) is 0 Å². The summed E-state index contributed by atoms with van der Waals surface area (Å²) in [5.74, 6) is 3.71. The summed E-state index contributed by atoms with van der Waals surface area (Å²) < 4.78 is 5.89. The average molecular weight is 304 g/mol. The summed E-state index contributed by atoms with van der Waals surface area (Å²) in [6.45, 7) is 7.40. The van der Waals surface area contributed by atoms with Gasteiger partial charge in [0.1, 0.15) is 11.5 Å². The maximum absolute atomic E-state index is 5.89. The molecule has 1 aliphatic heterocycles. The van der Waals surface area contributed by atoms with Crippen molar-refractivity contribution in [3.63, 3.8) is 0 Å². The number of hydrogen-bond donors (Lipinski definition) is 2. The summed E-state index contributed by atoms with van der Waals surface area (Å²) in [6.07, 6.45) is 3.80. The van der Waals surface area contributed by atoms with Crippen molar-refractivity contribution in [2.24, 2.45) is 10.9 Å². The van der Waals surface area contributed by atoms with Crippen molar-refractivity contribution in [2.45, 2.75) is 45.2 Å². The fourth-order valence-corrected chi connectivity index (χ4v) is 3.18. The number of aryl methyl sites for hydroxylation is 1. The third-order valence-electron chi connectivity index (χ3n) is 4.79. The molecule has 1 saturated heterocycles. The summed E-state index contributed by atoms with van der Waals surface area (Å²) in [4.78, 5) is 6.86. The number of rotatable bonds is 5. The maximum Gasteiger partial charge on any atom is 0.191 e. The van der Waals surface area contributed by atoms with Crippen molar-refractivity contribution < 1.29 is 4.42 Å². The lowest BCUT2D eigenvalue weighted by molar-refractivity contribution is 0.213. The molecule has 0 bridgehead atoms. The predicted octanol–water partition coefficient (Wildman–Crippen LogP) is 2.30. The minimum Gasteiger partial charge on any atom is -0.465 e.